The molecule has 0 radical (unpaired) electrons. The van der Waals surface area contributed by atoms with Crippen LogP contribution in [0.4, 0.5) is 0 Å². The number of amides is 3. The first-order chi connectivity index (χ1) is 12.6. The number of hydrogen-bond donors (Lipinski definition) is 2. The van der Waals surface area contributed by atoms with Gasteiger partial charge in [-0.05, 0) is 68.3 Å². The second-order valence-electron chi connectivity index (χ2n) is 7.58. The fourth-order valence-corrected chi connectivity index (χ4v) is 4.41. The second-order valence-corrected chi connectivity index (χ2v) is 7.58. The van der Waals surface area contributed by atoms with E-state index in [1.807, 2.05) is 12.1 Å². The fourth-order valence-electron chi connectivity index (χ4n) is 4.41. The van der Waals surface area contributed by atoms with Crippen molar-refractivity contribution in [3.05, 3.63) is 34.9 Å². The largest absolute Gasteiger partial charge is 0.322 e. The molecule has 1 aromatic carbocycles. The van der Waals surface area contributed by atoms with Crippen LogP contribution in [0.2, 0.25) is 0 Å². The number of fused-ring (bicyclic) bond motifs is 1. The third kappa shape index (κ3) is 3.26. The van der Waals surface area contributed by atoms with Gasteiger partial charge in [0.2, 0.25) is 11.8 Å². The first kappa shape index (κ1) is 17.2. The van der Waals surface area contributed by atoms with E-state index in [4.69, 9.17) is 0 Å². The Morgan fingerprint density at radius 1 is 1.08 bits per heavy atom. The minimum absolute atomic E-state index is 0.0850. The van der Waals surface area contributed by atoms with Gasteiger partial charge in [-0.1, -0.05) is 12.1 Å². The van der Waals surface area contributed by atoms with E-state index in [0.717, 1.165) is 43.0 Å². The molecule has 138 valence electrons. The van der Waals surface area contributed by atoms with Crippen LogP contribution in [0.5, 0.6) is 0 Å². The van der Waals surface area contributed by atoms with E-state index in [1.165, 1.54) is 18.4 Å². The van der Waals surface area contributed by atoms with Gasteiger partial charge in [-0.3, -0.25) is 19.7 Å². The van der Waals surface area contributed by atoms with Crippen molar-refractivity contribution in [3.8, 4) is 0 Å². The predicted molar refractivity (Wildman–Crippen MR) is 96.4 cm³/mol. The molecule has 6 heteroatoms. The Labute approximate surface area is 153 Å². The average molecular weight is 355 g/mol. The average Bonchev–Trinajstić information content (AvgIpc) is 2.98. The monoisotopic (exact) mass is 355 g/mol. The van der Waals surface area contributed by atoms with Crippen LogP contribution in [-0.2, 0) is 22.6 Å². The molecule has 0 saturated carbocycles. The minimum atomic E-state index is -0.537. The van der Waals surface area contributed by atoms with Crippen LogP contribution >= 0.6 is 0 Å². The Hall–Kier alpha value is -2.21. The predicted octanol–water partition coefficient (Wildman–Crippen LogP) is 1.38. The van der Waals surface area contributed by atoms with Crippen LogP contribution in [0.3, 0.4) is 0 Å². The number of carbonyl (C=O) groups excluding carboxylic acids is 3. The highest BCUT2D eigenvalue weighted by molar-refractivity contribution is 6.05. The van der Waals surface area contributed by atoms with E-state index in [1.54, 1.807) is 4.90 Å². The standard InChI is InChI=1S/C20H25N3O3/c24-18-7-6-17(19(25)22-18)23-12-16-14(2-1-3-15(16)20(23)26)5-4-13-8-10-21-11-9-13/h1-3,13,17,21H,4-12H2,(H,22,24,25). The van der Waals surface area contributed by atoms with Crippen LogP contribution in [-0.4, -0.2) is 41.8 Å². The number of carbonyl (C=O) groups is 3. The van der Waals surface area contributed by atoms with Crippen molar-refractivity contribution in [2.24, 2.45) is 5.92 Å². The molecule has 0 bridgehead atoms. The summed E-state index contributed by atoms with van der Waals surface area (Å²) in [5, 5.41) is 5.76. The minimum Gasteiger partial charge on any atom is -0.322 e. The summed E-state index contributed by atoms with van der Waals surface area (Å²) in [5.74, 6) is 0.0606. The van der Waals surface area contributed by atoms with E-state index in [0.29, 0.717) is 19.4 Å². The Morgan fingerprint density at radius 3 is 2.65 bits per heavy atom. The molecule has 3 aliphatic rings. The lowest BCUT2D eigenvalue weighted by molar-refractivity contribution is -0.136. The van der Waals surface area contributed by atoms with Gasteiger partial charge in [0.05, 0.1) is 0 Å². The van der Waals surface area contributed by atoms with Gasteiger partial charge >= 0.3 is 0 Å². The van der Waals surface area contributed by atoms with Gasteiger partial charge in [0.15, 0.2) is 0 Å². The molecule has 3 heterocycles. The summed E-state index contributed by atoms with van der Waals surface area (Å²) >= 11 is 0. The smallest absolute Gasteiger partial charge is 0.255 e. The Kier molecular flexibility index (Phi) is 4.76. The van der Waals surface area contributed by atoms with Gasteiger partial charge in [-0.2, -0.15) is 0 Å². The third-order valence-corrected chi connectivity index (χ3v) is 5.96. The number of aryl methyl sites for hydroxylation is 1. The van der Waals surface area contributed by atoms with Crippen molar-refractivity contribution < 1.29 is 14.4 Å². The molecular weight excluding hydrogens is 330 g/mol. The summed E-state index contributed by atoms with van der Waals surface area (Å²) in [6, 6.07) is 5.38. The topological polar surface area (TPSA) is 78.5 Å². The SMILES string of the molecule is O=C1CCC(N2Cc3c(CCC4CCNCC4)cccc3C2=O)C(=O)N1. The van der Waals surface area contributed by atoms with Gasteiger partial charge < -0.3 is 10.2 Å². The zero-order chi connectivity index (χ0) is 18.1. The quantitative estimate of drug-likeness (QED) is 0.800. The van der Waals surface area contributed by atoms with Crippen molar-refractivity contribution in [3.63, 3.8) is 0 Å². The molecule has 6 nitrogen and oxygen atoms in total. The number of imide groups is 1. The molecule has 26 heavy (non-hydrogen) atoms. The van der Waals surface area contributed by atoms with Gasteiger partial charge in [0.25, 0.3) is 5.91 Å². The summed E-state index contributed by atoms with van der Waals surface area (Å²) in [5.41, 5.74) is 3.01. The molecule has 1 unspecified atom stereocenters. The highest BCUT2D eigenvalue weighted by atomic mass is 16.2. The van der Waals surface area contributed by atoms with Gasteiger partial charge in [-0.15, -0.1) is 0 Å². The molecule has 3 aliphatic heterocycles. The molecule has 0 aromatic heterocycles. The maximum absolute atomic E-state index is 12.8. The molecule has 0 spiro atoms. The third-order valence-electron chi connectivity index (χ3n) is 5.96. The van der Waals surface area contributed by atoms with Crippen molar-refractivity contribution in [2.45, 2.75) is 51.1 Å². The summed E-state index contributed by atoms with van der Waals surface area (Å²) < 4.78 is 0. The zero-order valence-corrected chi connectivity index (χ0v) is 14.9. The molecular formula is C20H25N3O3. The highest BCUT2D eigenvalue weighted by Gasteiger charge is 2.39. The molecule has 1 aromatic rings. The molecule has 0 aliphatic carbocycles. The molecule has 2 fully saturated rings. The van der Waals surface area contributed by atoms with E-state index >= 15 is 0 Å². The molecule has 1 atom stereocenters. The fraction of sp³-hybridized carbons (Fsp3) is 0.550. The van der Waals surface area contributed by atoms with Gasteiger partial charge in [-0.25, -0.2) is 0 Å². The summed E-state index contributed by atoms with van der Waals surface area (Å²) in [6.45, 7) is 2.67. The van der Waals surface area contributed by atoms with E-state index in [2.05, 4.69) is 16.7 Å². The Bertz CT molecular complexity index is 740. The summed E-state index contributed by atoms with van der Waals surface area (Å²) in [6.07, 6.45) is 5.26. The number of hydrogen-bond acceptors (Lipinski definition) is 4. The highest BCUT2D eigenvalue weighted by Crippen LogP contribution is 2.31. The van der Waals surface area contributed by atoms with Crippen molar-refractivity contribution >= 4 is 17.7 Å². The zero-order valence-electron chi connectivity index (χ0n) is 14.9. The molecule has 2 N–H and O–H groups in total. The lowest BCUT2D eigenvalue weighted by Crippen LogP contribution is -2.52. The first-order valence-electron chi connectivity index (χ1n) is 9.59. The maximum Gasteiger partial charge on any atom is 0.255 e. The van der Waals surface area contributed by atoms with Crippen molar-refractivity contribution in [1.82, 2.24) is 15.5 Å². The number of nitrogens with zero attached hydrogens (tertiary/aromatic N) is 1. The van der Waals surface area contributed by atoms with Crippen LogP contribution in [0, 0.1) is 5.92 Å². The van der Waals surface area contributed by atoms with Crippen LogP contribution in [0.15, 0.2) is 18.2 Å². The summed E-state index contributed by atoms with van der Waals surface area (Å²) in [7, 11) is 0. The molecule has 2 saturated heterocycles. The van der Waals surface area contributed by atoms with Gasteiger partial charge in [0, 0.05) is 18.5 Å². The molecule has 4 rings (SSSR count). The van der Waals surface area contributed by atoms with Crippen molar-refractivity contribution in [1.29, 1.82) is 0 Å². The van der Waals surface area contributed by atoms with Crippen molar-refractivity contribution in [2.75, 3.05) is 13.1 Å². The summed E-state index contributed by atoms with van der Waals surface area (Å²) in [4.78, 5) is 38.0. The maximum atomic E-state index is 12.8. The van der Waals surface area contributed by atoms with E-state index in [9.17, 15) is 14.4 Å². The van der Waals surface area contributed by atoms with E-state index in [-0.39, 0.29) is 17.7 Å². The van der Waals surface area contributed by atoms with Gasteiger partial charge in [0.1, 0.15) is 6.04 Å². The number of nitrogens with one attached hydrogen (secondary N) is 2. The lowest BCUT2D eigenvalue weighted by atomic mass is 9.89. The Morgan fingerprint density at radius 2 is 1.88 bits per heavy atom. The number of rotatable bonds is 4. The second kappa shape index (κ2) is 7.19. The van der Waals surface area contributed by atoms with Crippen LogP contribution < -0.4 is 10.6 Å². The van der Waals surface area contributed by atoms with Crippen LogP contribution in [0.25, 0.3) is 0 Å². The van der Waals surface area contributed by atoms with E-state index < -0.39 is 6.04 Å². The first-order valence-corrected chi connectivity index (χ1v) is 9.59. The number of benzene rings is 1. The Balaban J connectivity index is 1.48. The molecule has 3 amide bonds. The van der Waals surface area contributed by atoms with Crippen LogP contribution in [0.1, 0.15) is 53.6 Å². The number of piperidine rings is 2. The lowest BCUT2D eigenvalue weighted by Gasteiger charge is -2.29. The normalized spacial score (nSPS) is 23.9.